The first kappa shape index (κ1) is 14.2. The molecule has 0 amide bonds. The van der Waals surface area contributed by atoms with Crippen molar-refractivity contribution >= 4 is 0 Å². The van der Waals surface area contributed by atoms with Gasteiger partial charge in [-0.05, 0) is 44.8 Å². The summed E-state index contributed by atoms with van der Waals surface area (Å²) < 4.78 is 0. The van der Waals surface area contributed by atoms with Crippen LogP contribution in [0.15, 0.2) is 30.3 Å². The Labute approximate surface area is 105 Å². The van der Waals surface area contributed by atoms with Crippen LogP contribution in [0.2, 0.25) is 0 Å². The third-order valence-electron chi connectivity index (χ3n) is 3.05. The van der Waals surface area contributed by atoms with E-state index in [1.807, 2.05) is 0 Å². The van der Waals surface area contributed by atoms with Gasteiger partial charge in [-0.3, -0.25) is 0 Å². The van der Waals surface area contributed by atoms with Gasteiger partial charge in [-0.15, -0.1) is 0 Å². The molecule has 0 aliphatic rings. The van der Waals surface area contributed by atoms with Crippen molar-refractivity contribution in [1.82, 2.24) is 4.90 Å². The molecule has 0 aliphatic carbocycles. The number of hydrogen-bond donors (Lipinski definition) is 1. The molecule has 2 heteroatoms. The van der Waals surface area contributed by atoms with Gasteiger partial charge >= 0.3 is 0 Å². The molecule has 1 rings (SSSR count). The fourth-order valence-electron chi connectivity index (χ4n) is 1.98. The van der Waals surface area contributed by atoms with Gasteiger partial charge in [-0.1, -0.05) is 36.8 Å². The van der Waals surface area contributed by atoms with Crippen LogP contribution in [0.4, 0.5) is 0 Å². The normalized spacial score (nSPS) is 11.0. The highest BCUT2D eigenvalue weighted by atomic mass is 16.3. The molecule has 0 saturated carbocycles. The maximum atomic E-state index is 8.72. The standard InChI is InChI=1S/C15H25NO/c1-16(13-8-14-17)12-7-3-6-11-15-9-4-2-5-10-15/h2,4-5,9-10,17H,3,6-8,11-14H2,1H3. The van der Waals surface area contributed by atoms with E-state index in [1.54, 1.807) is 0 Å². The van der Waals surface area contributed by atoms with Gasteiger partial charge in [0.2, 0.25) is 0 Å². The summed E-state index contributed by atoms with van der Waals surface area (Å²) in [4.78, 5) is 2.30. The molecule has 0 fully saturated rings. The van der Waals surface area contributed by atoms with Gasteiger partial charge in [-0.2, -0.15) is 0 Å². The minimum Gasteiger partial charge on any atom is -0.396 e. The van der Waals surface area contributed by atoms with Gasteiger partial charge in [0, 0.05) is 13.2 Å². The Morgan fingerprint density at radius 3 is 2.35 bits per heavy atom. The van der Waals surface area contributed by atoms with E-state index in [1.165, 1.54) is 31.2 Å². The summed E-state index contributed by atoms with van der Waals surface area (Å²) in [7, 11) is 2.13. The van der Waals surface area contributed by atoms with Gasteiger partial charge in [0.15, 0.2) is 0 Å². The third kappa shape index (κ3) is 7.14. The SMILES string of the molecule is CN(CCCO)CCCCCc1ccccc1. The highest BCUT2D eigenvalue weighted by Gasteiger charge is 1.97. The predicted molar refractivity (Wildman–Crippen MR) is 73.2 cm³/mol. The van der Waals surface area contributed by atoms with Crippen LogP contribution in [0.1, 0.15) is 31.2 Å². The molecule has 1 aromatic rings. The molecule has 17 heavy (non-hydrogen) atoms. The highest BCUT2D eigenvalue weighted by Crippen LogP contribution is 2.06. The van der Waals surface area contributed by atoms with Crippen molar-refractivity contribution in [2.75, 3.05) is 26.7 Å². The molecule has 0 radical (unpaired) electrons. The lowest BCUT2D eigenvalue weighted by Gasteiger charge is -2.15. The summed E-state index contributed by atoms with van der Waals surface area (Å²) in [5.41, 5.74) is 1.45. The lowest BCUT2D eigenvalue weighted by molar-refractivity contribution is 0.245. The summed E-state index contributed by atoms with van der Waals surface area (Å²) in [5.74, 6) is 0. The maximum Gasteiger partial charge on any atom is 0.0443 e. The van der Waals surface area contributed by atoms with Gasteiger partial charge in [0.1, 0.15) is 0 Å². The van der Waals surface area contributed by atoms with Crippen LogP contribution in [0.3, 0.4) is 0 Å². The quantitative estimate of drug-likeness (QED) is 0.665. The van der Waals surface area contributed by atoms with E-state index < -0.39 is 0 Å². The smallest absolute Gasteiger partial charge is 0.0443 e. The van der Waals surface area contributed by atoms with E-state index in [0.29, 0.717) is 6.61 Å². The van der Waals surface area contributed by atoms with Crippen LogP contribution in [0.5, 0.6) is 0 Å². The molecular formula is C15H25NO. The fraction of sp³-hybridized carbons (Fsp3) is 0.600. The molecule has 0 bridgehead atoms. The Morgan fingerprint density at radius 2 is 1.65 bits per heavy atom. The van der Waals surface area contributed by atoms with Crippen molar-refractivity contribution in [3.8, 4) is 0 Å². The molecule has 1 N–H and O–H groups in total. The number of aliphatic hydroxyl groups is 1. The van der Waals surface area contributed by atoms with E-state index in [-0.39, 0.29) is 0 Å². The number of aryl methyl sites for hydroxylation is 1. The summed E-state index contributed by atoms with van der Waals surface area (Å²) in [6.07, 6.45) is 5.91. The van der Waals surface area contributed by atoms with Crippen molar-refractivity contribution < 1.29 is 5.11 Å². The maximum absolute atomic E-state index is 8.72. The monoisotopic (exact) mass is 235 g/mol. The zero-order valence-electron chi connectivity index (χ0n) is 10.9. The molecule has 0 aliphatic heterocycles. The van der Waals surface area contributed by atoms with E-state index in [0.717, 1.165) is 19.5 Å². The molecule has 96 valence electrons. The Hall–Kier alpha value is -0.860. The lowest BCUT2D eigenvalue weighted by Crippen LogP contribution is -2.21. The fourth-order valence-corrected chi connectivity index (χ4v) is 1.98. The Morgan fingerprint density at radius 1 is 0.941 bits per heavy atom. The average molecular weight is 235 g/mol. The van der Waals surface area contributed by atoms with Crippen molar-refractivity contribution in [2.24, 2.45) is 0 Å². The van der Waals surface area contributed by atoms with Gasteiger partial charge in [0.25, 0.3) is 0 Å². The molecule has 2 nitrogen and oxygen atoms in total. The summed E-state index contributed by atoms with van der Waals surface area (Å²) in [6, 6.07) is 10.7. The van der Waals surface area contributed by atoms with Crippen LogP contribution < -0.4 is 0 Å². The topological polar surface area (TPSA) is 23.5 Å². The molecular weight excluding hydrogens is 210 g/mol. The van der Waals surface area contributed by atoms with E-state index >= 15 is 0 Å². The third-order valence-corrected chi connectivity index (χ3v) is 3.05. The van der Waals surface area contributed by atoms with Crippen molar-refractivity contribution in [1.29, 1.82) is 0 Å². The first-order valence-electron chi connectivity index (χ1n) is 6.66. The lowest BCUT2D eigenvalue weighted by atomic mass is 10.1. The van der Waals surface area contributed by atoms with E-state index in [2.05, 4.69) is 42.3 Å². The minimum absolute atomic E-state index is 0.304. The van der Waals surface area contributed by atoms with Crippen LogP contribution in [0.25, 0.3) is 0 Å². The van der Waals surface area contributed by atoms with Crippen molar-refractivity contribution in [3.63, 3.8) is 0 Å². The van der Waals surface area contributed by atoms with Crippen LogP contribution in [-0.4, -0.2) is 36.8 Å². The average Bonchev–Trinajstić information content (AvgIpc) is 2.37. The molecule has 0 heterocycles. The van der Waals surface area contributed by atoms with Crippen LogP contribution in [-0.2, 0) is 6.42 Å². The molecule has 0 atom stereocenters. The summed E-state index contributed by atoms with van der Waals surface area (Å²) in [5, 5.41) is 8.72. The van der Waals surface area contributed by atoms with Crippen molar-refractivity contribution in [3.05, 3.63) is 35.9 Å². The second kappa shape index (κ2) is 9.20. The molecule has 1 aromatic carbocycles. The number of hydrogen-bond acceptors (Lipinski definition) is 2. The number of unbranched alkanes of at least 4 members (excludes halogenated alkanes) is 2. The Bertz CT molecular complexity index is 274. The molecule has 0 saturated heterocycles. The number of benzene rings is 1. The Balaban J connectivity index is 1.97. The first-order valence-corrected chi connectivity index (χ1v) is 6.66. The first-order chi connectivity index (χ1) is 8.33. The summed E-state index contributed by atoms with van der Waals surface area (Å²) in [6.45, 7) is 2.46. The number of nitrogens with zero attached hydrogens (tertiary/aromatic N) is 1. The predicted octanol–water partition coefficient (Wildman–Crippen LogP) is 2.71. The highest BCUT2D eigenvalue weighted by molar-refractivity contribution is 5.14. The van der Waals surface area contributed by atoms with Gasteiger partial charge < -0.3 is 10.0 Å². The Kier molecular flexibility index (Phi) is 7.69. The molecule has 0 unspecified atom stereocenters. The number of rotatable bonds is 9. The van der Waals surface area contributed by atoms with Gasteiger partial charge in [0.05, 0.1) is 0 Å². The van der Waals surface area contributed by atoms with Crippen molar-refractivity contribution in [2.45, 2.75) is 32.1 Å². The van der Waals surface area contributed by atoms with Gasteiger partial charge in [-0.25, -0.2) is 0 Å². The zero-order chi connectivity index (χ0) is 12.3. The van der Waals surface area contributed by atoms with Crippen LogP contribution in [0, 0.1) is 0 Å². The second-order valence-electron chi connectivity index (χ2n) is 4.68. The minimum atomic E-state index is 0.304. The molecule has 0 spiro atoms. The van der Waals surface area contributed by atoms with E-state index in [4.69, 9.17) is 5.11 Å². The number of aliphatic hydroxyl groups excluding tert-OH is 1. The zero-order valence-corrected chi connectivity index (χ0v) is 10.9. The van der Waals surface area contributed by atoms with Crippen LogP contribution >= 0.6 is 0 Å². The second-order valence-corrected chi connectivity index (χ2v) is 4.68. The summed E-state index contributed by atoms with van der Waals surface area (Å²) >= 11 is 0. The molecule has 0 aromatic heterocycles. The largest absolute Gasteiger partial charge is 0.396 e. The van der Waals surface area contributed by atoms with E-state index in [9.17, 15) is 0 Å².